The molecule has 2 heterocycles. The van der Waals surface area contributed by atoms with Crippen LogP contribution >= 0.6 is 0 Å². The zero-order valence-corrected chi connectivity index (χ0v) is 25.8. The van der Waals surface area contributed by atoms with E-state index in [0.717, 1.165) is 57.8 Å². The second-order valence-corrected chi connectivity index (χ2v) is 11.9. The van der Waals surface area contributed by atoms with Gasteiger partial charge in [0.25, 0.3) is 0 Å². The predicted octanol–water partition coefficient (Wildman–Crippen LogP) is 7.42. The van der Waals surface area contributed by atoms with Crippen LogP contribution in [0.3, 0.4) is 0 Å². The van der Waals surface area contributed by atoms with Gasteiger partial charge in [-0.1, -0.05) is 75.4 Å². The summed E-state index contributed by atoms with van der Waals surface area (Å²) in [7, 11) is 3.82. The minimum Gasteiger partial charge on any atom is -0.383 e. The van der Waals surface area contributed by atoms with Crippen molar-refractivity contribution in [2.75, 3.05) is 37.9 Å². The zero-order chi connectivity index (χ0) is 30.6. The van der Waals surface area contributed by atoms with Gasteiger partial charge in [0.2, 0.25) is 0 Å². The average molecular weight is 577 g/mol. The first-order valence-corrected chi connectivity index (χ1v) is 14.5. The van der Waals surface area contributed by atoms with Gasteiger partial charge < -0.3 is 10.1 Å². The van der Waals surface area contributed by atoms with Gasteiger partial charge in [-0.25, -0.2) is 9.48 Å². The van der Waals surface area contributed by atoms with Crippen LogP contribution in [0.25, 0.3) is 27.6 Å². The number of ether oxygens (including phenoxy) is 1. The van der Waals surface area contributed by atoms with E-state index in [1.165, 1.54) is 5.56 Å². The monoisotopic (exact) mass is 576 g/mol. The minimum absolute atomic E-state index is 0.194. The fourth-order valence-corrected chi connectivity index (χ4v) is 4.98. The number of amides is 2. The molecule has 0 saturated carbocycles. The van der Waals surface area contributed by atoms with Crippen molar-refractivity contribution in [1.82, 2.24) is 19.7 Å². The third kappa shape index (κ3) is 7.10. The lowest BCUT2D eigenvalue weighted by atomic mass is 9.92. The normalized spacial score (nSPS) is 11.7. The lowest BCUT2D eigenvalue weighted by Gasteiger charge is -2.17. The highest BCUT2D eigenvalue weighted by Crippen LogP contribution is 2.34. The van der Waals surface area contributed by atoms with E-state index in [0.29, 0.717) is 12.4 Å². The number of anilines is 2. The van der Waals surface area contributed by atoms with Crippen molar-refractivity contribution in [2.24, 2.45) is 0 Å². The summed E-state index contributed by atoms with van der Waals surface area (Å²) < 4.78 is 6.92. The zero-order valence-electron chi connectivity index (χ0n) is 25.8. The molecule has 8 nitrogen and oxygen atoms in total. The summed E-state index contributed by atoms with van der Waals surface area (Å²) in [6, 6.07) is 26.3. The van der Waals surface area contributed by atoms with Crippen LogP contribution in [0.15, 0.2) is 85.1 Å². The molecule has 222 valence electrons. The van der Waals surface area contributed by atoms with Gasteiger partial charge in [0.05, 0.1) is 29.9 Å². The predicted molar refractivity (Wildman–Crippen MR) is 175 cm³/mol. The van der Waals surface area contributed by atoms with Gasteiger partial charge in [0.15, 0.2) is 0 Å². The Labute approximate surface area is 253 Å². The highest BCUT2D eigenvalue weighted by atomic mass is 16.5. The first-order valence-electron chi connectivity index (χ1n) is 14.5. The van der Waals surface area contributed by atoms with Crippen LogP contribution in [0.5, 0.6) is 0 Å². The van der Waals surface area contributed by atoms with E-state index in [1.54, 1.807) is 18.0 Å². The Morgan fingerprint density at radius 2 is 1.70 bits per heavy atom. The van der Waals surface area contributed by atoms with Crippen molar-refractivity contribution >= 4 is 28.3 Å². The molecule has 0 atom stereocenters. The number of likely N-dealkylation sites (N-methyl/N-ethyl adjacent to an activating group) is 1. The molecule has 0 spiro atoms. The number of benzene rings is 3. The Bertz CT molecular complexity index is 1700. The Balaban J connectivity index is 1.38. The Kier molecular flexibility index (Phi) is 8.89. The van der Waals surface area contributed by atoms with E-state index >= 15 is 0 Å². The quantitative estimate of drug-likeness (QED) is 0.191. The molecule has 2 N–H and O–H groups in total. The number of aryl methyl sites for hydroxylation is 1. The summed E-state index contributed by atoms with van der Waals surface area (Å²) in [6.07, 6.45) is 1.76. The highest BCUT2D eigenvalue weighted by Gasteiger charge is 2.22. The number of carbonyl (C=O) groups is 1. The van der Waals surface area contributed by atoms with Gasteiger partial charge in [0, 0.05) is 42.8 Å². The molecular formula is C35H40N6O2. The Morgan fingerprint density at radius 3 is 2.37 bits per heavy atom. The number of nitrogens with one attached hydrogen (secondary N) is 2. The van der Waals surface area contributed by atoms with E-state index in [1.807, 2.05) is 49.4 Å². The van der Waals surface area contributed by atoms with Crippen LogP contribution < -0.4 is 10.6 Å². The van der Waals surface area contributed by atoms with E-state index in [-0.39, 0.29) is 11.4 Å². The summed E-state index contributed by atoms with van der Waals surface area (Å²) >= 11 is 0. The molecule has 0 fully saturated rings. The molecule has 43 heavy (non-hydrogen) atoms. The molecule has 0 aliphatic carbocycles. The fourth-order valence-electron chi connectivity index (χ4n) is 4.98. The summed E-state index contributed by atoms with van der Waals surface area (Å²) in [5, 5.41) is 12.9. The number of hydrogen-bond acceptors (Lipinski definition) is 5. The van der Waals surface area contributed by atoms with Crippen molar-refractivity contribution in [3.8, 4) is 16.8 Å². The number of rotatable bonds is 9. The van der Waals surface area contributed by atoms with Crippen molar-refractivity contribution < 1.29 is 9.53 Å². The van der Waals surface area contributed by atoms with E-state index in [9.17, 15) is 4.79 Å². The van der Waals surface area contributed by atoms with Crippen molar-refractivity contribution in [3.63, 3.8) is 0 Å². The first kappa shape index (κ1) is 29.9. The number of aromatic nitrogens is 3. The average Bonchev–Trinajstić information content (AvgIpc) is 3.41. The molecular weight excluding hydrogens is 536 g/mol. The third-order valence-electron chi connectivity index (χ3n) is 7.43. The number of nitrogens with zero attached hydrogens (tertiary/aromatic N) is 4. The molecule has 2 amide bonds. The summed E-state index contributed by atoms with van der Waals surface area (Å²) in [5.41, 5.74) is 6.58. The third-order valence-corrected chi connectivity index (χ3v) is 7.43. The van der Waals surface area contributed by atoms with Crippen LogP contribution in [0.2, 0.25) is 0 Å². The number of hydrogen-bond donors (Lipinski definition) is 2. The number of urea groups is 1. The summed E-state index contributed by atoms with van der Waals surface area (Å²) in [5.74, 6) is 0.571. The summed E-state index contributed by atoms with van der Waals surface area (Å²) in [6.45, 7) is 10.7. The highest BCUT2D eigenvalue weighted by molar-refractivity contribution is 6.09. The van der Waals surface area contributed by atoms with Crippen LogP contribution in [-0.4, -0.2) is 53.0 Å². The molecule has 5 aromatic rings. The molecule has 2 aromatic heterocycles. The molecule has 0 radical (unpaired) electrons. The number of carbonyl (C=O) groups excluding carboxylic acids is 1. The molecule has 0 aliphatic rings. The molecule has 0 unspecified atom stereocenters. The molecule has 0 saturated heterocycles. The smallest absolute Gasteiger partial charge is 0.324 e. The van der Waals surface area contributed by atoms with Crippen molar-refractivity contribution in [3.05, 3.63) is 102 Å². The molecule has 0 bridgehead atoms. The van der Waals surface area contributed by atoms with Crippen LogP contribution in [0, 0.1) is 6.92 Å². The van der Waals surface area contributed by atoms with Crippen molar-refractivity contribution in [2.45, 2.75) is 39.7 Å². The Morgan fingerprint density at radius 1 is 0.953 bits per heavy atom. The van der Waals surface area contributed by atoms with Gasteiger partial charge >= 0.3 is 6.03 Å². The molecule has 3 aromatic carbocycles. The fraction of sp³-hybridized carbons (Fsp3) is 0.286. The lowest BCUT2D eigenvalue weighted by Crippen LogP contribution is -2.22. The van der Waals surface area contributed by atoms with E-state index < -0.39 is 0 Å². The number of fused-ring (bicyclic) bond motifs is 1. The maximum absolute atomic E-state index is 13.4. The molecule has 0 aliphatic heterocycles. The van der Waals surface area contributed by atoms with Gasteiger partial charge in [-0.15, -0.1) is 0 Å². The number of methoxy groups -OCH3 is 1. The van der Waals surface area contributed by atoms with Crippen LogP contribution in [-0.2, 0) is 16.7 Å². The molecule has 5 rings (SSSR count). The van der Waals surface area contributed by atoms with E-state index in [2.05, 4.69) is 84.7 Å². The Hall–Kier alpha value is -4.53. The second kappa shape index (κ2) is 12.8. The first-order chi connectivity index (χ1) is 20.6. The molecule has 8 heteroatoms. The van der Waals surface area contributed by atoms with Gasteiger partial charge in [-0.3, -0.25) is 15.2 Å². The standard InChI is InChI=1S/C35H40N6O2/c1-24-11-16-27(22-36-24)41-33(21-32(39-41)35(2,3)4)38-34(42)37-31-18-17-28(29-9-7-8-10-30(29)31)26-14-12-25(13-15-26)23-40(5)19-20-43-6/h7-18,21-22H,19-20,23H2,1-6H3,(H2,37,38,42). The van der Waals surface area contributed by atoms with Crippen LogP contribution in [0.1, 0.15) is 37.7 Å². The lowest BCUT2D eigenvalue weighted by molar-refractivity contribution is 0.158. The second-order valence-electron chi connectivity index (χ2n) is 11.9. The van der Waals surface area contributed by atoms with Crippen LogP contribution in [0.4, 0.5) is 16.3 Å². The topological polar surface area (TPSA) is 84.3 Å². The van der Waals surface area contributed by atoms with E-state index in [4.69, 9.17) is 9.84 Å². The maximum Gasteiger partial charge on any atom is 0.324 e. The minimum atomic E-state index is -0.346. The van der Waals surface area contributed by atoms with Gasteiger partial charge in [-0.05, 0) is 54.2 Å². The SMILES string of the molecule is COCCN(C)Cc1ccc(-c2ccc(NC(=O)Nc3cc(C(C)(C)C)nn3-c3ccc(C)nc3)c3ccccc23)cc1. The maximum atomic E-state index is 13.4. The largest absolute Gasteiger partial charge is 0.383 e. The summed E-state index contributed by atoms with van der Waals surface area (Å²) in [4.78, 5) is 20.0. The van der Waals surface area contributed by atoms with Crippen molar-refractivity contribution in [1.29, 1.82) is 0 Å². The number of pyridine rings is 1. The van der Waals surface area contributed by atoms with Gasteiger partial charge in [-0.2, -0.15) is 5.10 Å². The van der Waals surface area contributed by atoms with Gasteiger partial charge in [0.1, 0.15) is 5.82 Å².